The molecule has 0 aliphatic carbocycles. The zero-order valence-corrected chi connectivity index (χ0v) is 16.2. The lowest BCUT2D eigenvalue weighted by Gasteiger charge is -2.35. The Balaban J connectivity index is 1.62. The van der Waals surface area contributed by atoms with E-state index in [0.717, 1.165) is 37.2 Å². The summed E-state index contributed by atoms with van der Waals surface area (Å²) < 4.78 is 41.3. The molecule has 1 fully saturated rings. The fourth-order valence-corrected chi connectivity index (χ4v) is 4.30. The largest absolute Gasteiger partial charge is 0.416 e. The smallest absolute Gasteiger partial charge is 0.371 e. The van der Waals surface area contributed by atoms with Crippen LogP contribution in [0.2, 0.25) is 0 Å². The maximum Gasteiger partial charge on any atom is 0.416 e. The highest BCUT2D eigenvalue weighted by Crippen LogP contribution is 2.39. The summed E-state index contributed by atoms with van der Waals surface area (Å²) in [5.41, 5.74) is 2.79. The van der Waals surface area contributed by atoms with Gasteiger partial charge in [0.05, 0.1) is 5.56 Å². The minimum absolute atomic E-state index is 0.282. The molecule has 0 unspecified atom stereocenters. The summed E-state index contributed by atoms with van der Waals surface area (Å²) in [5.74, 6) is 0.468. The third-order valence-corrected chi connectivity index (χ3v) is 5.79. The molecule has 29 heavy (non-hydrogen) atoms. The molecule has 0 radical (unpaired) electrons. The monoisotopic (exact) mass is 395 g/mol. The molecular formula is C25H24F3N. The van der Waals surface area contributed by atoms with Crippen LogP contribution in [0, 0.1) is 0 Å². The molecule has 3 aromatic carbocycles. The summed E-state index contributed by atoms with van der Waals surface area (Å²) in [7, 11) is 0. The molecule has 0 bridgehead atoms. The van der Waals surface area contributed by atoms with E-state index < -0.39 is 11.7 Å². The summed E-state index contributed by atoms with van der Waals surface area (Å²) in [6.45, 7) is 1.53. The van der Waals surface area contributed by atoms with Gasteiger partial charge in [0.25, 0.3) is 0 Å². The highest BCUT2D eigenvalue weighted by molar-refractivity contribution is 5.59. The lowest BCUT2D eigenvalue weighted by Crippen LogP contribution is -2.34. The van der Waals surface area contributed by atoms with Crippen LogP contribution in [0.15, 0.2) is 78.9 Å². The molecule has 0 atom stereocenters. The molecule has 1 saturated heterocycles. The fraction of sp³-hybridized carbons (Fsp3) is 0.280. The van der Waals surface area contributed by atoms with Gasteiger partial charge < -0.3 is 4.90 Å². The summed E-state index contributed by atoms with van der Waals surface area (Å²) in [5, 5.41) is 0. The zero-order valence-electron chi connectivity index (χ0n) is 16.2. The first-order valence-corrected chi connectivity index (χ1v) is 10.1. The van der Waals surface area contributed by atoms with E-state index in [9.17, 15) is 13.2 Å². The van der Waals surface area contributed by atoms with Gasteiger partial charge in [0.15, 0.2) is 0 Å². The third kappa shape index (κ3) is 4.47. The number of alkyl halides is 3. The maximum atomic E-state index is 13.8. The Hall–Kier alpha value is -2.75. The Kier molecular flexibility index (Phi) is 5.61. The van der Waals surface area contributed by atoms with E-state index in [1.54, 1.807) is 0 Å². The molecule has 0 N–H and O–H groups in total. The van der Waals surface area contributed by atoms with Crippen LogP contribution in [-0.2, 0) is 12.6 Å². The molecule has 0 aromatic heterocycles. The SMILES string of the molecule is FC(F)(F)c1cccc(N2CCC(c3ccccc3)CC2)c1Cc1ccccc1. The Morgan fingerprint density at radius 1 is 0.759 bits per heavy atom. The lowest BCUT2D eigenvalue weighted by atomic mass is 9.88. The highest BCUT2D eigenvalue weighted by atomic mass is 19.4. The van der Waals surface area contributed by atoms with Crippen molar-refractivity contribution in [1.29, 1.82) is 0 Å². The maximum absolute atomic E-state index is 13.8. The number of piperidine rings is 1. The summed E-state index contributed by atoms with van der Waals surface area (Å²) in [4.78, 5) is 2.13. The first-order valence-electron chi connectivity index (χ1n) is 10.1. The second kappa shape index (κ2) is 8.32. The Labute approximate surface area is 169 Å². The van der Waals surface area contributed by atoms with E-state index in [0.29, 0.717) is 11.5 Å². The standard InChI is InChI=1S/C25H24F3N/c26-25(27,28)23-12-7-13-24(22(23)18-19-8-3-1-4-9-19)29-16-14-21(15-17-29)20-10-5-2-6-11-20/h1-13,21H,14-18H2. The normalized spacial score (nSPS) is 15.5. The van der Waals surface area contributed by atoms with Gasteiger partial charge in [0.1, 0.15) is 0 Å². The topological polar surface area (TPSA) is 3.24 Å². The van der Waals surface area contributed by atoms with E-state index in [-0.39, 0.29) is 6.42 Å². The Morgan fingerprint density at radius 2 is 1.38 bits per heavy atom. The second-order valence-electron chi connectivity index (χ2n) is 7.64. The van der Waals surface area contributed by atoms with Gasteiger partial charge >= 0.3 is 6.18 Å². The molecule has 1 heterocycles. The molecule has 4 rings (SSSR count). The summed E-state index contributed by atoms with van der Waals surface area (Å²) in [6.07, 6.45) is -2.18. The second-order valence-corrected chi connectivity index (χ2v) is 7.64. The lowest BCUT2D eigenvalue weighted by molar-refractivity contribution is -0.138. The first kappa shape index (κ1) is 19.6. The van der Waals surface area contributed by atoms with Crippen LogP contribution in [0.5, 0.6) is 0 Å². The van der Waals surface area contributed by atoms with E-state index in [1.165, 1.54) is 17.7 Å². The number of anilines is 1. The molecule has 1 aliphatic heterocycles. The van der Waals surface area contributed by atoms with E-state index in [4.69, 9.17) is 0 Å². The quantitative estimate of drug-likeness (QED) is 0.476. The zero-order chi connectivity index (χ0) is 20.3. The number of benzene rings is 3. The Bertz CT molecular complexity index is 927. The van der Waals surface area contributed by atoms with Crippen LogP contribution >= 0.6 is 0 Å². The van der Waals surface area contributed by atoms with Crippen LogP contribution in [0.25, 0.3) is 0 Å². The minimum Gasteiger partial charge on any atom is -0.371 e. The molecule has 3 aromatic rings. The van der Waals surface area contributed by atoms with Gasteiger partial charge in [-0.2, -0.15) is 13.2 Å². The first-order chi connectivity index (χ1) is 14.0. The van der Waals surface area contributed by atoms with Crippen molar-refractivity contribution in [2.45, 2.75) is 31.4 Å². The number of nitrogens with zero attached hydrogens (tertiary/aromatic N) is 1. The molecule has 0 spiro atoms. The van der Waals surface area contributed by atoms with E-state index in [2.05, 4.69) is 17.0 Å². The third-order valence-electron chi connectivity index (χ3n) is 5.79. The van der Waals surface area contributed by atoms with Gasteiger partial charge in [-0.15, -0.1) is 0 Å². The van der Waals surface area contributed by atoms with Crippen molar-refractivity contribution >= 4 is 5.69 Å². The molecule has 1 nitrogen and oxygen atoms in total. The van der Waals surface area contributed by atoms with Gasteiger partial charge in [-0.3, -0.25) is 0 Å². The Morgan fingerprint density at radius 3 is 2.00 bits per heavy atom. The van der Waals surface area contributed by atoms with Crippen LogP contribution in [-0.4, -0.2) is 13.1 Å². The van der Waals surface area contributed by atoms with Crippen molar-refractivity contribution < 1.29 is 13.2 Å². The summed E-state index contributed by atoms with van der Waals surface area (Å²) in [6, 6.07) is 24.4. The van der Waals surface area contributed by atoms with Gasteiger partial charge in [-0.25, -0.2) is 0 Å². The van der Waals surface area contributed by atoms with Gasteiger partial charge in [-0.1, -0.05) is 66.7 Å². The van der Waals surface area contributed by atoms with Crippen LogP contribution in [0.1, 0.15) is 41.0 Å². The van der Waals surface area contributed by atoms with Crippen LogP contribution in [0.3, 0.4) is 0 Å². The van der Waals surface area contributed by atoms with Crippen LogP contribution in [0.4, 0.5) is 18.9 Å². The molecule has 0 saturated carbocycles. The predicted octanol–water partition coefficient (Wildman–Crippen LogP) is 6.68. The highest BCUT2D eigenvalue weighted by Gasteiger charge is 2.35. The van der Waals surface area contributed by atoms with Crippen molar-refractivity contribution in [3.63, 3.8) is 0 Å². The average molecular weight is 395 g/mol. The van der Waals surface area contributed by atoms with E-state index in [1.807, 2.05) is 54.6 Å². The summed E-state index contributed by atoms with van der Waals surface area (Å²) >= 11 is 0. The van der Waals surface area contributed by atoms with Gasteiger partial charge in [0.2, 0.25) is 0 Å². The molecule has 0 amide bonds. The van der Waals surface area contributed by atoms with Crippen molar-refractivity contribution in [2.24, 2.45) is 0 Å². The van der Waals surface area contributed by atoms with Crippen molar-refractivity contribution in [3.8, 4) is 0 Å². The number of hydrogen-bond acceptors (Lipinski definition) is 1. The molecular weight excluding hydrogens is 371 g/mol. The van der Waals surface area contributed by atoms with Crippen molar-refractivity contribution in [2.75, 3.05) is 18.0 Å². The fourth-order valence-electron chi connectivity index (χ4n) is 4.30. The van der Waals surface area contributed by atoms with Gasteiger partial charge in [0, 0.05) is 25.2 Å². The average Bonchev–Trinajstić information content (AvgIpc) is 2.75. The molecule has 4 heteroatoms. The minimum atomic E-state index is -4.36. The number of halogens is 3. The number of hydrogen-bond donors (Lipinski definition) is 0. The van der Waals surface area contributed by atoms with E-state index >= 15 is 0 Å². The van der Waals surface area contributed by atoms with Crippen molar-refractivity contribution in [1.82, 2.24) is 0 Å². The predicted molar refractivity (Wildman–Crippen MR) is 111 cm³/mol. The van der Waals surface area contributed by atoms with Gasteiger partial charge in [-0.05, 0) is 47.6 Å². The molecule has 150 valence electrons. The molecule has 1 aliphatic rings. The van der Waals surface area contributed by atoms with Crippen LogP contribution < -0.4 is 4.90 Å². The van der Waals surface area contributed by atoms with Crippen molar-refractivity contribution in [3.05, 3.63) is 101 Å². The number of rotatable bonds is 4.